The lowest BCUT2D eigenvalue weighted by molar-refractivity contribution is 0.450. The monoisotopic (exact) mass is 293 g/mol. The highest BCUT2D eigenvalue weighted by Gasteiger charge is 2.09. The summed E-state index contributed by atoms with van der Waals surface area (Å²) in [7, 11) is 0. The largest absolute Gasteiger partial charge is 0.508 e. The number of rotatable bonds is 2. The second-order valence-electron chi connectivity index (χ2n) is 4.11. The molecule has 0 atom stereocenters. The third-order valence-electron chi connectivity index (χ3n) is 2.67. The highest BCUT2D eigenvalue weighted by molar-refractivity contribution is 7.81. The van der Waals surface area contributed by atoms with Crippen molar-refractivity contribution in [3.63, 3.8) is 0 Å². The van der Waals surface area contributed by atoms with Gasteiger partial charge in [-0.15, -0.1) is 0 Å². The number of phenols is 2. The molecule has 2 aromatic rings. The van der Waals surface area contributed by atoms with Crippen molar-refractivity contribution in [3.8, 4) is 11.5 Å². The molecule has 2 aromatic carbocycles. The first kappa shape index (κ1) is 13.6. The van der Waals surface area contributed by atoms with Gasteiger partial charge in [-0.1, -0.05) is 29.9 Å². The molecule has 0 amide bonds. The Labute approximate surface area is 121 Å². The predicted molar refractivity (Wildman–Crippen MR) is 81.3 cm³/mol. The molecule has 0 heterocycles. The number of anilines is 1. The number of hydrogen-bond donors (Lipinski definition) is 3. The Bertz CT molecular complexity index is 643. The first-order chi connectivity index (χ1) is 8.97. The van der Waals surface area contributed by atoms with Crippen LogP contribution in [0.3, 0.4) is 0 Å². The molecule has 0 saturated heterocycles. The predicted octanol–water partition coefficient (Wildman–Crippen LogP) is 3.85. The number of aryl methyl sites for hydroxylation is 1. The maximum absolute atomic E-state index is 9.75. The third-order valence-corrected chi connectivity index (χ3v) is 3.23. The summed E-state index contributed by atoms with van der Waals surface area (Å²) in [5, 5.41) is 22.6. The lowest BCUT2D eigenvalue weighted by Crippen LogP contribution is -2.11. The molecule has 0 aliphatic heterocycles. The van der Waals surface area contributed by atoms with E-state index < -0.39 is 0 Å². The molecular formula is C14H12ClNO2S. The van der Waals surface area contributed by atoms with Crippen LogP contribution >= 0.6 is 23.8 Å². The molecule has 19 heavy (non-hydrogen) atoms. The molecule has 3 N–H and O–H groups in total. The van der Waals surface area contributed by atoms with Gasteiger partial charge in [0, 0.05) is 16.8 Å². The van der Waals surface area contributed by atoms with E-state index in [0.29, 0.717) is 15.6 Å². The van der Waals surface area contributed by atoms with Gasteiger partial charge in [0.15, 0.2) is 0 Å². The van der Waals surface area contributed by atoms with Crippen molar-refractivity contribution >= 4 is 34.5 Å². The SMILES string of the molecule is Cc1ccc(Cl)cc1NC(=S)c1ccc(O)cc1O. The number of aromatic hydroxyl groups is 2. The normalized spacial score (nSPS) is 10.2. The van der Waals surface area contributed by atoms with Gasteiger partial charge in [-0.3, -0.25) is 0 Å². The van der Waals surface area contributed by atoms with E-state index in [1.165, 1.54) is 12.1 Å². The fourth-order valence-electron chi connectivity index (χ4n) is 1.63. The Morgan fingerprint density at radius 3 is 2.58 bits per heavy atom. The first-order valence-corrected chi connectivity index (χ1v) is 6.35. The van der Waals surface area contributed by atoms with Crippen molar-refractivity contribution in [1.82, 2.24) is 0 Å². The van der Waals surface area contributed by atoms with Gasteiger partial charge in [-0.2, -0.15) is 0 Å². The molecule has 0 saturated carbocycles. The van der Waals surface area contributed by atoms with E-state index in [-0.39, 0.29) is 11.5 Å². The highest BCUT2D eigenvalue weighted by atomic mass is 35.5. The Morgan fingerprint density at radius 1 is 1.16 bits per heavy atom. The van der Waals surface area contributed by atoms with Crippen molar-refractivity contribution in [1.29, 1.82) is 0 Å². The topological polar surface area (TPSA) is 52.5 Å². The molecule has 0 radical (unpaired) electrons. The third kappa shape index (κ3) is 3.16. The van der Waals surface area contributed by atoms with Crippen LogP contribution in [0.2, 0.25) is 5.02 Å². The van der Waals surface area contributed by atoms with E-state index in [4.69, 9.17) is 23.8 Å². The molecule has 0 aliphatic carbocycles. The van der Waals surface area contributed by atoms with E-state index in [1.54, 1.807) is 18.2 Å². The summed E-state index contributed by atoms with van der Waals surface area (Å²) in [6.45, 7) is 1.93. The number of halogens is 1. The number of benzene rings is 2. The van der Waals surface area contributed by atoms with Crippen molar-refractivity contribution in [3.05, 3.63) is 52.5 Å². The zero-order valence-electron chi connectivity index (χ0n) is 10.1. The summed E-state index contributed by atoms with van der Waals surface area (Å²) in [6, 6.07) is 9.70. The minimum atomic E-state index is -0.0721. The van der Waals surface area contributed by atoms with E-state index in [1.807, 2.05) is 13.0 Å². The molecule has 3 nitrogen and oxygen atoms in total. The van der Waals surface area contributed by atoms with Crippen LogP contribution in [0.5, 0.6) is 11.5 Å². The standard InChI is InChI=1S/C14H12ClNO2S/c1-8-2-3-9(15)6-12(8)16-14(19)11-5-4-10(17)7-13(11)18/h2-7,17-18H,1H3,(H,16,19). The summed E-state index contributed by atoms with van der Waals surface area (Å²) >= 11 is 11.2. The lowest BCUT2D eigenvalue weighted by atomic mass is 10.1. The Balaban J connectivity index is 2.28. The van der Waals surface area contributed by atoms with Gasteiger partial charge in [0.25, 0.3) is 0 Å². The number of nitrogens with one attached hydrogen (secondary N) is 1. The molecular weight excluding hydrogens is 282 g/mol. The van der Waals surface area contributed by atoms with Crippen LogP contribution in [0, 0.1) is 6.92 Å². The summed E-state index contributed by atoms with van der Waals surface area (Å²) in [5.41, 5.74) is 2.22. The minimum absolute atomic E-state index is 0.0111. The van der Waals surface area contributed by atoms with Crippen LogP contribution in [-0.4, -0.2) is 15.2 Å². The summed E-state index contributed by atoms with van der Waals surface area (Å²) in [5.74, 6) is -0.0832. The number of phenolic OH excluding ortho intramolecular Hbond substituents is 2. The smallest absolute Gasteiger partial charge is 0.129 e. The van der Waals surface area contributed by atoms with Gasteiger partial charge in [0.1, 0.15) is 16.5 Å². The lowest BCUT2D eigenvalue weighted by Gasteiger charge is -2.12. The molecule has 0 bridgehead atoms. The molecule has 0 spiro atoms. The molecule has 0 aliphatic rings. The number of hydrogen-bond acceptors (Lipinski definition) is 3. The Kier molecular flexibility index (Phi) is 3.93. The van der Waals surface area contributed by atoms with E-state index in [2.05, 4.69) is 5.32 Å². The van der Waals surface area contributed by atoms with Crippen LogP contribution in [0.4, 0.5) is 5.69 Å². The van der Waals surface area contributed by atoms with E-state index in [0.717, 1.165) is 11.3 Å². The molecule has 2 rings (SSSR count). The fraction of sp³-hybridized carbons (Fsp3) is 0.0714. The van der Waals surface area contributed by atoms with Gasteiger partial charge in [0.05, 0.1) is 5.56 Å². The molecule has 0 aromatic heterocycles. The van der Waals surface area contributed by atoms with Crippen molar-refractivity contribution in [2.24, 2.45) is 0 Å². The maximum Gasteiger partial charge on any atom is 0.129 e. The van der Waals surface area contributed by atoms with Gasteiger partial charge >= 0.3 is 0 Å². The average Bonchev–Trinajstić information content (AvgIpc) is 2.33. The van der Waals surface area contributed by atoms with Gasteiger partial charge < -0.3 is 15.5 Å². The van der Waals surface area contributed by atoms with E-state index >= 15 is 0 Å². The van der Waals surface area contributed by atoms with Gasteiger partial charge in [-0.25, -0.2) is 0 Å². The second kappa shape index (κ2) is 5.47. The zero-order chi connectivity index (χ0) is 14.0. The fourth-order valence-corrected chi connectivity index (χ4v) is 2.09. The van der Waals surface area contributed by atoms with Gasteiger partial charge in [0.2, 0.25) is 0 Å². The zero-order valence-corrected chi connectivity index (χ0v) is 11.7. The summed E-state index contributed by atoms with van der Waals surface area (Å²) in [6.07, 6.45) is 0. The highest BCUT2D eigenvalue weighted by Crippen LogP contribution is 2.26. The summed E-state index contributed by atoms with van der Waals surface area (Å²) in [4.78, 5) is 0.364. The van der Waals surface area contributed by atoms with Crippen LogP contribution in [0.25, 0.3) is 0 Å². The minimum Gasteiger partial charge on any atom is -0.508 e. The van der Waals surface area contributed by atoms with Gasteiger partial charge in [-0.05, 0) is 36.8 Å². The second-order valence-corrected chi connectivity index (χ2v) is 4.96. The average molecular weight is 294 g/mol. The van der Waals surface area contributed by atoms with Crippen LogP contribution in [0.1, 0.15) is 11.1 Å². The Morgan fingerprint density at radius 2 is 1.89 bits per heavy atom. The van der Waals surface area contributed by atoms with Crippen LogP contribution in [-0.2, 0) is 0 Å². The molecule has 98 valence electrons. The van der Waals surface area contributed by atoms with Crippen LogP contribution in [0.15, 0.2) is 36.4 Å². The molecule has 0 unspecified atom stereocenters. The maximum atomic E-state index is 9.75. The molecule has 0 fully saturated rings. The van der Waals surface area contributed by atoms with Crippen molar-refractivity contribution in [2.75, 3.05) is 5.32 Å². The number of thiocarbonyl (C=S) groups is 1. The molecule has 5 heteroatoms. The van der Waals surface area contributed by atoms with Crippen molar-refractivity contribution in [2.45, 2.75) is 6.92 Å². The van der Waals surface area contributed by atoms with E-state index in [9.17, 15) is 10.2 Å². The Hall–Kier alpha value is -1.78. The first-order valence-electron chi connectivity index (χ1n) is 5.57. The van der Waals surface area contributed by atoms with Crippen molar-refractivity contribution < 1.29 is 10.2 Å². The summed E-state index contributed by atoms with van der Waals surface area (Å²) < 4.78 is 0. The quantitative estimate of drug-likeness (QED) is 0.736. The van der Waals surface area contributed by atoms with Crippen LogP contribution < -0.4 is 5.32 Å².